The lowest BCUT2D eigenvalue weighted by molar-refractivity contribution is -0.464. The molecule has 0 radical (unpaired) electrons. The third-order valence-electron chi connectivity index (χ3n) is 5.63. The molecule has 21 heteroatoms. The molecule has 0 spiro atoms. The molecule has 1 heterocycles. The van der Waals surface area contributed by atoms with Crippen molar-refractivity contribution in [1.29, 1.82) is 0 Å². The number of halogens is 17. The molecule has 2 aliphatic rings. The summed E-state index contributed by atoms with van der Waals surface area (Å²) < 4.78 is 231. The molecule has 0 aromatic heterocycles. The van der Waals surface area contributed by atoms with Crippen LogP contribution in [0.15, 0.2) is 24.3 Å². The van der Waals surface area contributed by atoms with E-state index in [0.717, 1.165) is 12.2 Å². The maximum atomic E-state index is 14.0. The summed E-state index contributed by atoms with van der Waals surface area (Å²) in [5.74, 6) is -59.4. The Balaban J connectivity index is 2.39. The SMILES string of the molecule is O=C1OC(=O)[N+](CCCC(F)(F)C(F)(F)C(F)(F)C(F)(F)C(F)(F)C(F)(F)C(F)(F)C(F)(F)F)=C2C=CC=CC12. The third kappa shape index (κ3) is 4.61. The molecular formula is C19H11F17NO3+. The highest BCUT2D eigenvalue weighted by atomic mass is 19.4. The van der Waals surface area contributed by atoms with Gasteiger partial charge in [0.2, 0.25) is 5.71 Å². The first-order chi connectivity index (χ1) is 17.6. The lowest BCUT2D eigenvalue weighted by Gasteiger charge is -2.42. The maximum absolute atomic E-state index is 14.0. The number of alkyl halides is 17. The fourth-order valence-electron chi connectivity index (χ4n) is 3.33. The standard InChI is InChI=1S/C19H11F17NO3/c20-12(21,6-3-7-37-9-5-2-1-4-8(9)10(38)40-11(37)39)13(22,23)14(24,25)15(26,27)16(28,29)17(30,31)18(32,33)19(34,35)36/h1-2,4-5,8H,3,6-7H2/q+1. The molecule has 0 fully saturated rings. The fraction of sp³-hybridized carbons (Fsp3) is 0.632. The molecule has 1 unspecified atom stereocenters. The van der Waals surface area contributed by atoms with Crippen LogP contribution in [0, 0.1) is 5.92 Å². The molecule has 0 bridgehead atoms. The highest BCUT2D eigenvalue weighted by Crippen LogP contribution is 2.64. The minimum Gasteiger partial charge on any atom is -0.336 e. The zero-order valence-corrected chi connectivity index (χ0v) is 18.6. The van der Waals surface area contributed by atoms with Crippen molar-refractivity contribution in [3.63, 3.8) is 0 Å². The van der Waals surface area contributed by atoms with Crippen LogP contribution in [-0.2, 0) is 9.53 Å². The molecule has 1 atom stereocenters. The molecule has 0 aromatic carbocycles. The number of amides is 1. The minimum atomic E-state index is -8.70. The van der Waals surface area contributed by atoms with Gasteiger partial charge in [0.25, 0.3) is 0 Å². The smallest absolute Gasteiger partial charge is 0.336 e. The average molecular weight is 624 g/mol. The minimum absolute atomic E-state index is 0.317. The predicted molar refractivity (Wildman–Crippen MR) is 93.3 cm³/mol. The summed E-state index contributed by atoms with van der Waals surface area (Å²) in [6.07, 6.45) is -9.18. The van der Waals surface area contributed by atoms with Crippen LogP contribution < -0.4 is 0 Å². The van der Waals surface area contributed by atoms with Crippen molar-refractivity contribution in [2.45, 2.75) is 60.5 Å². The number of rotatable bonds is 10. The Morgan fingerprint density at radius 1 is 0.650 bits per heavy atom. The molecule has 4 nitrogen and oxygen atoms in total. The van der Waals surface area contributed by atoms with Crippen LogP contribution in [0.3, 0.4) is 0 Å². The monoisotopic (exact) mass is 624 g/mol. The molecule has 1 aliphatic carbocycles. The van der Waals surface area contributed by atoms with E-state index in [0.29, 0.717) is 4.58 Å². The molecule has 2 rings (SSSR count). The van der Waals surface area contributed by atoms with Gasteiger partial charge in [-0.1, -0.05) is 18.2 Å². The predicted octanol–water partition coefficient (Wildman–Crippen LogP) is 6.65. The van der Waals surface area contributed by atoms with E-state index in [9.17, 15) is 84.2 Å². The number of allylic oxidation sites excluding steroid dienone is 3. The van der Waals surface area contributed by atoms with Gasteiger partial charge in [-0.2, -0.15) is 79.4 Å². The van der Waals surface area contributed by atoms with E-state index in [2.05, 4.69) is 4.74 Å². The highest BCUT2D eigenvalue weighted by Gasteiger charge is 2.95. The van der Waals surface area contributed by atoms with Crippen LogP contribution in [-0.4, -0.2) is 76.5 Å². The summed E-state index contributed by atoms with van der Waals surface area (Å²) >= 11 is 0. The van der Waals surface area contributed by atoms with Crippen molar-refractivity contribution < 1.29 is 93.5 Å². The Labute approximate surface area is 209 Å². The van der Waals surface area contributed by atoms with Crippen LogP contribution in [0.5, 0.6) is 0 Å². The molecule has 0 aromatic rings. The molecule has 1 amide bonds. The van der Waals surface area contributed by atoms with Gasteiger partial charge in [0, 0.05) is 18.9 Å². The van der Waals surface area contributed by atoms with Gasteiger partial charge in [0.15, 0.2) is 12.5 Å². The van der Waals surface area contributed by atoms with Crippen molar-refractivity contribution in [2.75, 3.05) is 6.54 Å². The second-order valence-electron chi connectivity index (χ2n) is 8.24. The zero-order chi connectivity index (χ0) is 31.5. The zero-order valence-electron chi connectivity index (χ0n) is 18.6. The van der Waals surface area contributed by atoms with Gasteiger partial charge < -0.3 is 4.74 Å². The molecule has 0 saturated heterocycles. The van der Waals surface area contributed by atoms with Gasteiger partial charge in [-0.25, -0.2) is 0 Å². The molecule has 1 aliphatic heterocycles. The van der Waals surface area contributed by atoms with Gasteiger partial charge in [-0.3, -0.25) is 4.79 Å². The van der Waals surface area contributed by atoms with E-state index in [4.69, 9.17) is 0 Å². The molecule has 40 heavy (non-hydrogen) atoms. The molecular weight excluding hydrogens is 613 g/mol. The number of fused-ring (bicyclic) bond motifs is 1. The number of carbonyl (C=O) groups is 2. The number of ether oxygens (including phenoxy) is 1. The van der Waals surface area contributed by atoms with E-state index in [-0.39, 0.29) is 5.71 Å². The summed E-state index contributed by atoms with van der Waals surface area (Å²) in [7, 11) is 0. The van der Waals surface area contributed by atoms with Gasteiger partial charge in [-0.15, -0.1) is 4.58 Å². The van der Waals surface area contributed by atoms with Crippen LogP contribution in [0.1, 0.15) is 12.8 Å². The van der Waals surface area contributed by atoms with Gasteiger partial charge >= 0.3 is 59.7 Å². The number of nitrogens with zero attached hydrogens (tertiary/aromatic N) is 1. The fourth-order valence-corrected chi connectivity index (χ4v) is 3.33. The highest BCUT2D eigenvalue weighted by molar-refractivity contribution is 6.13. The number of hydrogen-bond donors (Lipinski definition) is 0. The second kappa shape index (κ2) is 9.59. The summed E-state index contributed by atoms with van der Waals surface area (Å²) in [5.41, 5.74) is -0.317. The summed E-state index contributed by atoms with van der Waals surface area (Å²) in [6, 6.07) is 0. The summed E-state index contributed by atoms with van der Waals surface area (Å²) in [4.78, 5) is 23.5. The maximum Gasteiger partial charge on any atom is 0.604 e. The Morgan fingerprint density at radius 2 is 1.10 bits per heavy atom. The van der Waals surface area contributed by atoms with Gasteiger partial charge in [0.1, 0.15) is 0 Å². The quantitative estimate of drug-likeness (QED) is 0.119. The van der Waals surface area contributed by atoms with Crippen LogP contribution in [0.25, 0.3) is 0 Å². The topological polar surface area (TPSA) is 46.4 Å². The van der Waals surface area contributed by atoms with E-state index in [1.165, 1.54) is 12.2 Å². The van der Waals surface area contributed by atoms with Crippen molar-refractivity contribution in [3.05, 3.63) is 24.3 Å². The van der Waals surface area contributed by atoms with Gasteiger partial charge in [0.05, 0.1) is 0 Å². The molecule has 228 valence electrons. The number of esters is 1. The lowest BCUT2D eigenvalue weighted by atomic mass is 9.88. The largest absolute Gasteiger partial charge is 0.604 e. The number of carbonyl (C=O) groups excluding carboxylic acids is 2. The van der Waals surface area contributed by atoms with E-state index < -0.39 is 85.0 Å². The van der Waals surface area contributed by atoms with E-state index in [1.54, 1.807) is 0 Å². The Bertz CT molecular complexity index is 1130. The number of cyclic esters (lactones) is 2. The lowest BCUT2D eigenvalue weighted by Crippen LogP contribution is -2.74. The van der Waals surface area contributed by atoms with E-state index in [1.807, 2.05) is 0 Å². The van der Waals surface area contributed by atoms with Gasteiger partial charge in [-0.05, 0) is 0 Å². The average Bonchev–Trinajstić information content (AvgIpc) is 2.79. The summed E-state index contributed by atoms with van der Waals surface area (Å²) in [6.45, 7) is -1.20. The van der Waals surface area contributed by atoms with Crippen molar-refractivity contribution >= 4 is 17.8 Å². The second-order valence-corrected chi connectivity index (χ2v) is 8.24. The Hall–Kier alpha value is -2.90. The normalized spacial score (nSPS) is 20.2. The van der Waals surface area contributed by atoms with Crippen molar-refractivity contribution in [1.82, 2.24) is 0 Å². The summed E-state index contributed by atoms with van der Waals surface area (Å²) in [5, 5.41) is 0. The van der Waals surface area contributed by atoms with Crippen molar-refractivity contribution in [3.8, 4) is 0 Å². The first-order valence-electron chi connectivity index (χ1n) is 10.1. The first-order valence-corrected chi connectivity index (χ1v) is 10.1. The van der Waals surface area contributed by atoms with E-state index >= 15 is 0 Å². The molecule has 0 saturated carbocycles. The third-order valence-corrected chi connectivity index (χ3v) is 5.63. The van der Waals surface area contributed by atoms with Crippen LogP contribution >= 0.6 is 0 Å². The Kier molecular flexibility index (Phi) is 7.99. The van der Waals surface area contributed by atoms with Crippen LogP contribution in [0.2, 0.25) is 0 Å². The van der Waals surface area contributed by atoms with Crippen molar-refractivity contribution in [2.24, 2.45) is 5.92 Å². The molecule has 0 N–H and O–H groups in total. The Morgan fingerprint density at radius 3 is 1.57 bits per heavy atom. The number of hydrogen-bond acceptors (Lipinski definition) is 3. The van der Waals surface area contributed by atoms with Crippen LogP contribution in [0.4, 0.5) is 79.4 Å². The first kappa shape index (κ1) is 33.3.